The monoisotopic (exact) mass is 391 g/mol. The van der Waals surface area contributed by atoms with E-state index in [1.165, 1.54) is 17.8 Å². The van der Waals surface area contributed by atoms with E-state index in [2.05, 4.69) is 10.2 Å². The summed E-state index contributed by atoms with van der Waals surface area (Å²) >= 11 is 1.45. The van der Waals surface area contributed by atoms with Gasteiger partial charge in [-0.15, -0.1) is 10.2 Å². The first kappa shape index (κ1) is 18.3. The van der Waals surface area contributed by atoms with Crippen LogP contribution in [-0.2, 0) is 5.75 Å². The predicted molar refractivity (Wildman–Crippen MR) is 109 cm³/mol. The quantitative estimate of drug-likeness (QED) is 0.414. The van der Waals surface area contributed by atoms with E-state index in [1.807, 2.05) is 65.2 Å². The number of hydrogen-bond donors (Lipinski definition) is 0. The number of rotatable bonds is 6. The number of thioether (sulfide) groups is 1. The van der Waals surface area contributed by atoms with Crippen molar-refractivity contribution in [1.82, 2.24) is 14.8 Å². The van der Waals surface area contributed by atoms with E-state index in [-0.39, 0.29) is 5.82 Å². The Labute approximate surface area is 167 Å². The number of nitrogens with zero attached hydrogens (tertiary/aromatic N) is 3. The highest BCUT2D eigenvalue weighted by Crippen LogP contribution is 2.30. The average Bonchev–Trinajstić information content (AvgIpc) is 3.18. The second-order valence-corrected chi connectivity index (χ2v) is 7.03. The smallest absolute Gasteiger partial charge is 0.196 e. The van der Waals surface area contributed by atoms with Gasteiger partial charge in [-0.05, 0) is 35.9 Å². The van der Waals surface area contributed by atoms with E-state index in [4.69, 9.17) is 4.74 Å². The Morgan fingerprint density at radius 1 is 0.893 bits per heavy atom. The first-order chi connectivity index (χ1) is 13.8. The molecule has 0 saturated carbocycles. The minimum Gasteiger partial charge on any atom is -0.497 e. The summed E-state index contributed by atoms with van der Waals surface area (Å²) in [4.78, 5) is 0. The van der Waals surface area contributed by atoms with Gasteiger partial charge in [-0.3, -0.25) is 4.57 Å². The molecular formula is C22H18FN3OS. The number of halogens is 1. The second-order valence-electron chi connectivity index (χ2n) is 6.09. The lowest BCUT2D eigenvalue weighted by Gasteiger charge is -2.11. The lowest BCUT2D eigenvalue weighted by molar-refractivity contribution is 0.414. The summed E-state index contributed by atoms with van der Waals surface area (Å²) < 4.78 is 21.2. The Balaban J connectivity index is 1.73. The molecule has 4 rings (SSSR count). The summed E-state index contributed by atoms with van der Waals surface area (Å²) in [6.45, 7) is 0. The molecule has 0 spiro atoms. The normalized spacial score (nSPS) is 10.8. The fraction of sp³-hybridized carbons (Fsp3) is 0.0909. The predicted octanol–water partition coefficient (Wildman–Crippen LogP) is 5.37. The van der Waals surface area contributed by atoms with Crippen molar-refractivity contribution < 1.29 is 9.13 Å². The van der Waals surface area contributed by atoms with Crippen LogP contribution in [0.2, 0.25) is 0 Å². The molecule has 1 aromatic heterocycles. The fourth-order valence-electron chi connectivity index (χ4n) is 2.86. The van der Waals surface area contributed by atoms with Crippen molar-refractivity contribution >= 4 is 11.8 Å². The molecule has 0 aliphatic heterocycles. The standard InChI is InChI=1S/C22H18FN3OS/c1-27-19-13-11-18(12-14-19)26-21(16-7-3-2-4-8-16)24-25-22(26)28-15-17-9-5-6-10-20(17)23/h2-14H,15H2,1H3. The first-order valence-corrected chi connectivity index (χ1v) is 9.76. The molecule has 28 heavy (non-hydrogen) atoms. The van der Waals surface area contributed by atoms with Crippen LogP contribution >= 0.6 is 11.8 Å². The molecule has 0 atom stereocenters. The molecule has 6 heteroatoms. The van der Waals surface area contributed by atoms with Crippen molar-refractivity contribution in [2.24, 2.45) is 0 Å². The maximum Gasteiger partial charge on any atom is 0.196 e. The van der Waals surface area contributed by atoms with Crippen LogP contribution < -0.4 is 4.74 Å². The molecule has 0 N–H and O–H groups in total. The van der Waals surface area contributed by atoms with Gasteiger partial charge in [-0.25, -0.2) is 4.39 Å². The van der Waals surface area contributed by atoms with Crippen molar-refractivity contribution in [1.29, 1.82) is 0 Å². The van der Waals surface area contributed by atoms with Crippen LogP contribution in [0, 0.1) is 5.82 Å². The Kier molecular flexibility index (Phi) is 5.39. The van der Waals surface area contributed by atoms with Crippen molar-refractivity contribution in [3.63, 3.8) is 0 Å². The van der Waals surface area contributed by atoms with Crippen LogP contribution in [0.1, 0.15) is 5.56 Å². The van der Waals surface area contributed by atoms with Gasteiger partial charge in [-0.2, -0.15) is 0 Å². The highest BCUT2D eigenvalue weighted by molar-refractivity contribution is 7.98. The van der Waals surface area contributed by atoms with Crippen LogP contribution in [0.3, 0.4) is 0 Å². The van der Waals surface area contributed by atoms with Gasteiger partial charge in [0.05, 0.1) is 7.11 Å². The summed E-state index contributed by atoms with van der Waals surface area (Å²) in [6, 6.07) is 24.4. The van der Waals surface area contributed by atoms with Crippen LogP contribution in [0.4, 0.5) is 4.39 Å². The third-order valence-corrected chi connectivity index (χ3v) is 5.29. The molecule has 3 aromatic carbocycles. The van der Waals surface area contributed by atoms with Crippen LogP contribution in [0.15, 0.2) is 84.0 Å². The van der Waals surface area contributed by atoms with E-state index in [0.29, 0.717) is 16.5 Å². The molecule has 4 aromatic rings. The fourth-order valence-corrected chi connectivity index (χ4v) is 3.80. The zero-order chi connectivity index (χ0) is 19.3. The first-order valence-electron chi connectivity index (χ1n) is 8.78. The van der Waals surface area contributed by atoms with Crippen LogP contribution in [0.25, 0.3) is 17.1 Å². The Hall–Kier alpha value is -3.12. The maximum atomic E-state index is 14.0. The second kappa shape index (κ2) is 8.27. The van der Waals surface area contributed by atoms with Crippen LogP contribution in [-0.4, -0.2) is 21.9 Å². The molecule has 0 aliphatic carbocycles. The number of ether oxygens (including phenoxy) is 1. The molecule has 140 valence electrons. The van der Waals surface area contributed by atoms with Crippen molar-refractivity contribution in [2.45, 2.75) is 10.9 Å². The zero-order valence-electron chi connectivity index (χ0n) is 15.2. The largest absolute Gasteiger partial charge is 0.497 e. The SMILES string of the molecule is COc1ccc(-n2c(SCc3ccccc3F)nnc2-c2ccccc2)cc1. The molecule has 0 aliphatic rings. The van der Waals surface area contributed by atoms with Crippen molar-refractivity contribution in [2.75, 3.05) is 7.11 Å². The lowest BCUT2D eigenvalue weighted by atomic mass is 10.2. The van der Waals surface area contributed by atoms with Gasteiger partial charge in [0, 0.05) is 17.0 Å². The van der Waals surface area contributed by atoms with Crippen molar-refractivity contribution in [3.05, 3.63) is 90.2 Å². The summed E-state index contributed by atoms with van der Waals surface area (Å²) in [5.74, 6) is 1.77. The van der Waals surface area contributed by atoms with Gasteiger partial charge in [0.15, 0.2) is 11.0 Å². The van der Waals surface area contributed by atoms with Gasteiger partial charge in [0.1, 0.15) is 11.6 Å². The molecule has 4 nitrogen and oxygen atoms in total. The minimum atomic E-state index is -0.214. The average molecular weight is 391 g/mol. The third-order valence-electron chi connectivity index (χ3n) is 4.31. The van der Waals surface area contributed by atoms with Gasteiger partial charge >= 0.3 is 0 Å². The van der Waals surface area contributed by atoms with E-state index in [1.54, 1.807) is 19.2 Å². The molecule has 0 bridgehead atoms. The molecule has 0 saturated heterocycles. The van der Waals surface area contributed by atoms with Gasteiger partial charge in [-0.1, -0.05) is 60.3 Å². The highest BCUT2D eigenvalue weighted by atomic mass is 32.2. The van der Waals surface area contributed by atoms with E-state index in [0.717, 1.165) is 22.8 Å². The maximum absolute atomic E-state index is 14.0. The Morgan fingerprint density at radius 2 is 1.61 bits per heavy atom. The lowest BCUT2D eigenvalue weighted by Crippen LogP contribution is -2.00. The van der Waals surface area contributed by atoms with Gasteiger partial charge < -0.3 is 4.74 Å². The molecule has 0 unspecified atom stereocenters. The van der Waals surface area contributed by atoms with E-state index in [9.17, 15) is 4.39 Å². The summed E-state index contributed by atoms with van der Waals surface area (Å²) in [5, 5.41) is 9.49. The Morgan fingerprint density at radius 3 is 2.32 bits per heavy atom. The minimum absolute atomic E-state index is 0.214. The molecule has 0 radical (unpaired) electrons. The number of benzene rings is 3. The van der Waals surface area contributed by atoms with Crippen LogP contribution in [0.5, 0.6) is 5.75 Å². The Bertz CT molecular complexity index is 1060. The molecule has 0 amide bonds. The summed E-state index contributed by atoms with van der Waals surface area (Å²) in [5.41, 5.74) is 2.52. The molecular weight excluding hydrogens is 373 g/mol. The van der Waals surface area contributed by atoms with Gasteiger partial charge in [0.25, 0.3) is 0 Å². The number of aromatic nitrogens is 3. The van der Waals surface area contributed by atoms with Crippen molar-refractivity contribution in [3.8, 4) is 22.8 Å². The molecule has 1 heterocycles. The summed E-state index contributed by atoms with van der Waals surface area (Å²) in [7, 11) is 1.64. The van der Waals surface area contributed by atoms with E-state index >= 15 is 0 Å². The van der Waals surface area contributed by atoms with E-state index < -0.39 is 0 Å². The topological polar surface area (TPSA) is 39.9 Å². The zero-order valence-corrected chi connectivity index (χ0v) is 16.1. The number of hydrogen-bond acceptors (Lipinski definition) is 4. The van der Waals surface area contributed by atoms with Gasteiger partial charge in [0.2, 0.25) is 0 Å². The number of methoxy groups -OCH3 is 1. The molecule has 0 fully saturated rings. The highest BCUT2D eigenvalue weighted by Gasteiger charge is 2.16. The summed E-state index contributed by atoms with van der Waals surface area (Å²) in [6.07, 6.45) is 0. The third kappa shape index (κ3) is 3.77.